The van der Waals surface area contributed by atoms with E-state index in [9.17, 15) is 0 Å². The number of nitrogens with zero attached hydrogens (tertiary/aromatic N) is 1. The van der Waals surface area contributed by atoms with Gasteiger partial charge in [-0.25, -0.2) is 0 Å². The van der Waals surface area contributed by atoms with Crippen LogP contribution < -0.4 is 15.2 Å². The van der Waals surface area contributed by atoms with Crippen molar-refractivity contribution >= 4 is 0 Å². The molecule has 1 aromatic carbocycles. The first-order valence-corrected chi connectivity index (χ1v) is 8.03. The van der Waals surface area contributed by atoms with E-state index >= 15 is 0 Å². The Balaban J connectivity index is 1.89. The topological polar surface area (TPSA) is 47.7 Å². The SMILES string of the molecule is CCOc1cc(CN)ccc1OCCC1CCCCN1C. The largest absolute Gasteiger partial charge is 0.490 e. The van der Waals surface area contributed by atoms with Crippen LogP contribution in [-0.2, 0) is 6.54 Å². The Morgan fingerprint density at radius 3 is 2.81 bits per heavy atom. The van der Waals surface area contributed by atoms with Gasteiger partial charge in [0.2, 0.25) is 0 Å². The summed E-state index contributed by atoms with van der Waals surface area (Å²) >= 11 is 0. The Hall–Kier alpha value is -1.26. The van der Waals surface area contributed by atoms with Crippen LogP contribution in [0.3, 0.4) is 0 Å². The molecule has 2 rings (SSSR count). The number of nitrogens with two attached hydrogens (primary N) is 1. The predicted molar refractivity (Wildman–Crippen MR) is 85.9 cm³/mol. The molecular weight excluding hydrogens is 264 g/mol. The summed E-state index contributed by atoms with van der Waals surface area (Å²) in [6.45, 7) is 5.08. The third kappa shape index (κ3) is 4.61. The molecule has 0 aromatic heterocycles. The van der Waals surface area contributed by atoms with E-state index in [1.54, 1.807) is 0 Å². The Bertz CT molecular complexity index is 437. The van der Waals surface area contributed by atoms with Crippen LogP contribution in [0.4, 0.5) is 0 Å². The summed E-state index contributed by atoms with van der Waals surface area (Å²) in [4.78, 5) is 2.45. The highest BCUT2D eigenvalue weighted by molar-refractivity contribution is 5.43. The molecule has 0 saturated carbocycles. The monoisotopic (exact) mass is 292 g/mol. The normalized spacial score (nSPS) is 19.5. The first kappa shape index (κ1) is 16.1. The molecule has 1 heterocycles. The molecule has 1 aliphatic rings. The van der Waals surface area contributed by atoms with Gasteiger partial charge >= 0.3 is 0 Å². The average molecular weight is 292 g/mol. The van der Waals surface area contributed by atoms with Gasteiger partial charge in [-0.2, -0.15) is 0 Å². The molecule has 0 bridgehead atoms. The second kappa shape index (κ2) is 8.25. The number of rotatable bonds is 7. The number of benzene rings is 1. The van der Waals surface area contributed by atoms with E-state index in [1.807, 2.05) is 25.1 Å². The molecule has 1 aromatic rings. The summed E-state index contributed by atoms with van der Waals surface area (Å²) in [6.07, 6.45) is 5.01. The molecule has 0 radical (unpaired) electrons. The maximum absolute atomic E-state index is 5.95. The third-order valence-corrected chi connectivity index (χ3v) is 4.17. The Kier molecular flexibility index (Phi) is 6.33. The van der Waals surface area contributed by atoms with Crippen LogP contribution in [-0.4, -0.2) is 37.7 Å². The molecule has 1 atom stereocenters. The number of hydrogen-bond acceptors (Lipinski definition) is 4. The molecule has 0 amide bonds. The smallest absolute Gasteiger partial charge is 0.161 e. The van der Waals surface area contributed by atoms with Gasteiger partial charge in [0.05, 0.1) is 13.2 Å². The molecule has 1 fully saturated rings. The molecular formula is C17H28N2O2. The first-order valence-electron chi connectivity index (χ1n) is 8.03. The highest BCUT2D eigenvalue weighted by atomic mass is 16.5. The third-order valence-electron chi connectivity index (χ3n) is 4.17. The van der Waals surface area contributed by atoms with Crippen LogP contribution in [0.5, 0.6) is 11.5 Å². The minimum atomic E-state index is 0.521. The van der Waals surface area contributed by atoms with Gasteiger partial charge in [0.15, 0.2) is 11.5 Å². The average Bonchev–Trinajstić information content (AvgIpc) is 2.51. The van der Waals surface area contributed by atoms with Crippen LogP contribution >= 0.6 is 0 Å². The van der Waals surface area contributed by atoms with E-state index in [2.05, 4.69) is 11.9 Å². The molecule has 0 aliphatic carbocycles. The molecule has 21 heavy (non-hydrogen) atoms. The van der Waals surface area contributed by atoms with E-state index in [0.29, 0.717) is 19.2 Å². The lowest BCUT2D eigenvalue weighted by Gasteiger charge is -2.32. The van der Waals surface area contributed by atoms with Crippen molar-refractivity contribution in [1.82, 2.24) is 4.90 Å². The lowest BCUT2D eigenvalue weighted by molar-refractivity contribution is 0.151. The lowest BCUT2D eigenvalue weighted by Crippen LogP contribution is -2.37. The molecule has 118 valence electrons. The lowest BCUT2D eigenvalue weighted by atomic mass is 10.0. The van der Waals surface area contributed by atoms with Crippen molar-refractivity contribution < 1.29 is 9.47 Å². The highest BCUT2D eigenvalue weighted by Crippen LogP contribution is 2.29. The van der Waals surface area contributed by atoms with Gasteiger partial charge in [0.1, 0.15) is 0 Å². The maximum Gasteiger partial charge on any atom is 0.161 e. The van der Waals surface area contributed by atoms with Crippen LogP contribution in [0.25, 0.3) is 0 Å². The van der Waals surface area contributed by atoms with Crippen LogP contribution in [0, 0.1) is 0 Å². The van der Waals surface area contributed by atoms with Gasteiger partial charge in [-0.05, 0) is 57.5 Å². The molecule has 0 spiro atoms. The number of ether oxygens (including phenoxy) is 2. The minimum Gasteiger partial charge on any atom is -0.490 e. The molecule has 4 nitrogen and oxygen atoms in total. The standard InChI is InChI=1S/C17H28N2O2/c1-3-20-17-12-14(13-18)7-8-16(17)21-11-9-15-6-4-5-10-19(15)2/h7-8,12,15H,3-6,9-11,13,18H2,1-2H3. The van der Waals surface area contributed by atoms with E-state index in [0.717, 1.165) is 30.1 Å². The second-order valence-corrected chi connectivity index (χ2v) is 5.69. The Morgan fingerprint density at radius 1 is 1.24 bits per heavy atom. The van der Waals surface area contributed by atoms with Crippen molar-refractivity contribution in [1.29, 1.82) is 0 Å². The molecule has 1 saturated heterocycles. The van der Waals surface area contributed by atoms with Crippen LogP contribution in [0.15, 0.2) is 18.2 Å². The second-order valence-electron chi connectivity index (χ2n) is 5.69. The van der Waals surface area contributed by atoms with E-state index in [4.69, 9.17) is 15.2 Å². The van der Waals surface area contributed by atoms with Crippen LogP contribution in [0.1, 0.15) is 38.2 Å². The molecule has 2 N–H and O–H groups in total. The van der Waals surface area contributed by atoms with Gasteiger partial charge < -0.3 is 20.1 Å². The van der Waals surface area contributed by atoms with Gasteiger partial charge in [0.25, 0.3) is 0 Å². The summed E-state index contributed by atoms with van der Waals surface area (Å²) in [5.74, 6) is 1.63. The zero-order valence-electron chi connectivity index (χ0n) is 13.3. The number of piperidine rings is 1. The van der Waals surface area contributed by atoms with Crippen LogP contribution in [0.2, 0.25) is 0 Å². The highest BCUT2D eigenvalue weighted by Gasteiger charge is 2.18. The molecule has 1 unspecified atom stereocenters. The zero-order chi connectivity index (χ0) is 15.1. The van der Waals surface area contributed by atoms with Crippen molar-refractivity contribution in [2.24, 2.45) is 5.73 Å². The first-order chi connectivity index (χ1) is 10.2. The molecule has 4 heteroatoms. The van der Waals surface area contributed by atoms with Gasteiger partial charge in [-0.15, -0.1) is 0 Å². The van der Waals surface area contributed by atoms with Gasteiger partial charge in [0, 0.05) is 12.6 Å². The summed E-state index contributed by atoms with van der Waals surface area (Å²) in [6, 6.07) is 6.60. The number of hydrogen-bond donors (Lipinski definition) is 1. The van der Waals surface area contributed by atoms with Gasteiger partial charge in [-0.1, -0.05) is 12.5 Å². The van der Waals surface area contributed by atoms with E-state index in [-0.39, 0.29) is 0 Å². The Morgan fingerprint density at radius 2 is 2.10 bits per heavy atom. The number of likely N-dealkylation sites (tertiary alicyclic amines) is 1. The fraction of sp³-hybridized carbons (Fsp3) is 0.647. The fourth-order valence-corrected chi connectivity index (χ4v) is 2.88. The fourth-order valence-electron chi connectivity index (χ4n) is 2.88. The van der Waals surface area contributed by atoms with Crippen molar-refractivity contribution in [3.05, 3.63) is 23.8 Å². The summed E-state index contributed by atoms with van der Waals surface area (Å²) in [7, 11) is 2.21. The summed E-state index contributed by atoms with van der Waals surface area (Å²) in [5, 5.41) is 0. The zero-order valence-corrected chi connectivity index (χ0v) is 13.3. The maximum atomic E-state index is 5.95. The quantitative estimate of drug-likeness (QED) is 0.839. The minimum absolute atomic E-state index is 0.521. The molecule has 1 aliphatic heterocycles. The van der Waals surface area contributed by atoms with Crippen molar-refractivity contribution in [2.45, 2.75) is 45.2 Å². The summed E-state index contributed by atoms with van der Waals surface area (Å²) in [5.41, 5.74) is 6.74. The Labute approximate surface area is 128 Å². The van der Waals surface area contributed by atoms with E-state index in [1.165, 1.54) is 25.8 Å². The predicted octanol–water partition coefficient (Wildman–Crippen LogP) is 2.80. The summed E-state index contributed by atoms with van der Waals surface area (Å²) < 4.78 is 11.6. The van der Waals surface area contributed by atoms with Crippen molar-refractivity contribution in [3.63, 3.8) is 0 Å². The van der Waals surface area contributed by atoms with E-state index < -0.39 is 0 Å². The van der Waals surface area contributed by atoms with Crippen molar-refractivity contribution in [3.8, 4) is 11.5 Å². The van der Waals surface area contributed by atoms with Crippen molar-refractivity contribution in [2.75, 3.05) is 26.8 Å². The van der Waals surface area contributed by atoms with Gasteiger partial charge in [-0.3, -0.25) is 0 Å².